The van der Waals surface area contributed by atoms with Crippen LogP contribution in [0.4, 0.5) is 0 Å². The van der Waals surface area contributed by atoms with Crippen LogP contribution in [0.25, 0.3) is 0 Å². The average Bonchev–Trinajstić information content (AvgIpc) is 2.77. The Kier molecular flexibility index (Phi) is 5.43. The van der Waals surface area contributed by atoms with Gasteiger partial charge in [-0.1, -0.05) is 18.7 Å². The Morgan fingerprint density at radius 2 is 2.24 bits per heavy atom. The van der Waals surface area contributed by atoms with Crippen molar-refractivity contribution in [1.82, 2.24) is 0 Å². The summed E-state index contributed by atoms with van der Waals surface area (Å²) >= 11 is 1.54. The summed E-state index contributed by atoms with van der Waals surface area (Å²) in [4.78, 5) is 12.5. The van der Waals surface area contributed by atoms with Gasteiger partial charge in [0.05, 0.1) is 4.88 Å². The van der Waals surface area contributed by atoms with E-state index in [-0.39, 0.29) is 0 Å². The standard InChI is InChI=1S/C14H17NOS/c1-3-12(5-4-11(2)15)6-7-13-8-9-14(10-16)17-13/h3-5,8-10H,1,6-7,15H2,2H3/b11-4+,12-5+. The van der Waals surface area contributed by atoms with E-state index in [2.05, 4.69) is 6.58 Å². The van der Waals surface area contributed by atoms with Crippen LogP contribution in [-0.2, 0) is 6.42 Å². The fourth-order valence-electron chi connectivity index (χ4n) is 1.35. The molecule has 1 rings (SSSR count). The Bertz CT molecular complexity index is 451. The van der Waals surface area contributed by atoms with Gasteiger partial charge in [-0.05, 0) is 43.5 Å². The van der Waals surface area contributed by atoms with Gasteiger partial charge in [0.25, 0.3) is 0 Å². The fourth-order valence-corrected chi connectivity index (χ4v) is 2.18. The molecule has 3 heteroatoms. The molecule has 0 aliphatic rings. The van der Waals surface area contributed by atoms with E-state index in [1.807, 2.05) is 37.3 Å². The smallest absolute Gasteiger partial charge is 0.160 e. The number of aldehydes is 1. The third-order valence-electron chi connectivity index (χ3n) is 2.28. The third kappa shape index (κ3) is 4.83. The summed E-state index contributed by atoms with van der Waals surface area (Å²) in [6, 6.07) is 3.85. The highest BCUT2D eigenvalue weighted by atomic mass is 32.1. The number of allylic oxidation sites excluding steroid dienone is 5. The molecule has 0 saturated carbocycles. The summed E-state index contributed by atoms with van der Waals surface area (Å²) in [5.74, 6) is 0. The zero-order valence-corrected chi connectivity index (χ0v) is 10.8. The Hall–Kier alpha value is -1.61. The molecule has 0 atom stereocenters. The maximum absolute atomic E-state index is 10.6. The first kappa shape index (κ1) is 13.5. The van der Waals surface area contributed by atoms with Crippen LogP contribution in [0.3, 0.4) is 0 Å². The molecule has 1 aromatic heterocycles. The summed E-state index contributed by atoms with van der Waals surface area (Å²) in [6.07, 6.45) is 8.42. The van der Waals surface area contributed by atoms with Crippen LogP contribution >= 0.6 is 11.3 Å². The van der Waals surface area contributed by atoms with Gasteiger partial charge < -0.3 is 5.73 Å². The van der Waals surface area contributed by atoms with E-state index in [0.717, 1.165) is 35.3 Å². The molecule has 0 aromatic carbocycles. The van der Waals surface area contributed by atoms with Gasteiger partial charge in [-0.15, -0.1) is 11.3 Å². The number of hydrogen-bond donors (Lipinski definition) is 1. The summed E-state index contributed by atoms with van der Waals surface area (Å²) in [5.41, 5.74) is 7.50. The maximum atomic E-state index is 10.6. The predicted octanol–water partition coefficient (Wildman–Crippen LogP) is 3.47. The minimum Gasteiger partial charge on any atom is -0.402 e. The molecule has 0 unspecified atom stereocenters. The molecule has 17 heavy (non-hydrogen) atoms. The highest BCUT2D eigenvalue weighted by Gasteiger charge is 2.00. The third-order valence-corrected chi connectivity index (χ3v) is 3.35. The van der Waals surface area contributed by atoms with E-state index >= 15 is 0 Å². The molecule has 0 saturated heterocycles. The Labute approximate surface area is 106 Å². The van der Waals surface area contributed by atoms with Crippen molar-refractivity contribution >= 4 is 17.6 Å². The molecule has 2 nitrogen and oxygen atoms in total. The van der Waals surface area contributed by atoms with E-state index in [1.54, 1.807) is 11.3 Å². The maximum Gasteiger partial charge on any atom is 0.160 e. The second-order valence-corrected chi connectivity index (χ2v) is 4.98. The fraction of sp³-hybridized carbons (Fsp3) is 0.214. The quantitative estimate of drug-likeness (QED) is 0.618. The largest absolute Gasteiger partial charge is 0.402 e. The molecule has 0 fully saturated rings. The van der Waals surface area contributed by atoms with E-state index < -0.39 is 0 Å². The van der Waals surface area contributed by atoms with Crippen LogP contribution in [0.1, 0.15) is 27.9 Å². The molecule has 2 N–H and O–H groups in total. The van der Waals surface area contributed by atoms with Crippen molar-refractivity contribution < 1.29 is 4.79 Å². The van der Waals surface area contributed by atoms with Crippen molar-refractivity contribution in [1.29, 1.82) is 0 Å². The number of hydrogen-bond acceptors (Lipinski definition) is 3. The molecule has 0 aliphatic heterocycles. The minimum atomic E-state index is 0.779. The van der Waals surface area contributed by atoms with Crippen molar-refractivity contribution in [2.45, 2.75) is 19.8 Å². The number of nitrogens with two attached hydrogens (primary N) is 1. The van der Waals surface area contributed by atoms with Crippen LogP contribution in [0, 0.1) is 0 Å². The normalized spacial score (nSPS) is 12.5. The zero-order chi connectivity index (χ0) is 12.7. The van der Waals surface area contributed by atoms with Crippen molar-refractivity contribution in [3.63, 3.8) is 0 Å². The van der Waals surface area contributed by atoms with Crippen molar-refractivity contribution in [2.75, 3.05) is 0 Å². The molecule has 0 amide bonds. The predicted molar refractivity (Wildman–Crippen MR) is 74.3 cm³/mol. The Morgan fingerprint density at radius 1 is 1.47 bits per heavy atom. The van der Waals surface area contributed by atoms with Gasteiger partial charge >= 0.3 is 0 Å². The minimum absolute atomic E-state index is 0.779. The average molecular weight is 247 g/mol. The first-order valence-electron chi connectivity index (χ1n) is 5.45. The van der Waals surface area contributed by atoms with E-state index in [0.29, 0.717) is 0 Å². The lowest BCUT2D eigenvalue weighted by Gasteiger charge is -1.99. The summed E-state index contributed by atoms with van der Waals surface area (Å²) in [7, 11) is 0. The van der Waals surface area contributed by atoms with Crippen LogP contribution in [-0.4, -0.2) is 6.29 Å². The highest BCUT2D eigenvalue weighted by Crippen LogP contribution is 2.18. The molecule has 0 bridgehead atoms. The first-order chi connectivity index (χ1) is 8.15. The molecule has 1 aromatic rings. The molecular weight excluding hydrogens is 230 g/mol. The van der Waals surface area contributed by atoms with Gasteiger partial charge in [0.2, 0.25) is 0 Å². The molecule has 0 radical (unpaired) electrons. The molecule has 90 valence electrons. The highest BCUT2D eigenvalue weighted by molar-refractivity contribution is 7.13. The van der Waals surface area contributed by atoms with Crippen molar-refractivity contribution in [3.05, 3.63) is 58.0 Å². The van der Waals surface area contributed by atoms with Crippen molar-refractivity contribution in [2.24, 2.45) is 5.73 Å². The second-order valence-electron chi connectivity index (χ2n) is 3.78. The summed E-state index contributed by atoms with van der Waals surface area (Å²) in [5, 5.41) is 0. The van der Waals surface area contributed by atoms with Crippen LogP contribution in [0.15, 0.2) is 48.2 Å². The van der Waals surface area contributed by atoms with Gasteiger partial charge in [0.1, 0.15) is 0 Å². The van der Waals surface area contributed by atoms with E-state index in [1.165, 1.54) is 4.88 Å². The van der Waals surface area contributed by atoms with Gasteiger partial charge in [-0.3, -0.25) is 4.79 Å². The van der Waals surface area contributed by atoms with Crippen LogP contribution in [0.2, 0.25) is 0 Å². The molecular formula is C14H17NOS. The SMILES string of the molecule is C=C/C(=C\C=C(/C)N)CCc1ccc(C=O)s1. The Morgan fingerprint density at radius 3 is 2.76 bits per heavy atom. The lowest BCUT2D eigenvalue weighted by molar-refractivity contribution is 0.112. The van der Waals surface area contributed by atoms with Gasteiger partial charge in [0.15, 0.2) is 6.29 Å². The lowest BCUT2D eigenvalue weighted by Crippen LogP contribution is -1.89. The Balaban J connectivity index is 2.59. The topological polar surface area (TPSA) is 43.1 Å². The van der Waals surface area contributed by atoms with Crippen molar-refractivity contribution in [3.8, 4) is 0 Å². The van der Waals surface area contributed by atoms with Crippen LogP contribution < -0.4 is 5.73 Å². The zero-order valence-electron chi connectivity index (χ0n) is 9.98. The molecule has 0 spiro atoms. The molecule has 1 heterocycles. The summed E-state index contributed by atoms with van der Waals surface area (Å²) in [6.45, 7) is 5.64. The van der Waals surface area contributed by atoms with Crippen LogP contribution in [0.5, 0.6) is 0 Å². The van der Waals surface area contributed by atoms with Gasteiger partial charge in [0, 0.05) is 10.6 Å². The number of aryl methyl sites for hydroxylation is 1. The summed E-state index contributed by atoms with van der Waals surface area (Å²) < 4.78 is 0. The monoisotopic (exact) mass is 247 g/mol. The number of rotatable bonds is 6. The second kappa shape index (κ2) is 6.86. The number of carbonyl (C=O) groups excluding carboxylic acids is 1. The van der Waals surface area contributed by atoms with E-state index in [9.17, 15) is 4.79 Å². The van der Waals surface area contributed by atoms with Gasteiger partial charge in [-0.2, -0.15) is 0 Å². The molecule has 0 aliphatic carbocycles. The number of thiophene rings is 1. The van der Waals surface area contributed by atoms with E-state index in [4.69, 9.17) is 5.73 Å². The van der Waals surface area contributed by atoms with Gasteiger partial charge in [-0.25, -0.2) is 0 Å². The number of carbonyl (C=O) groups is 1. The lowest BCUT2D eigenvalue weighted by atomic mass is 10.1. The first-order valence-corrected chi connectivity index (χ1v) is 6.26.